The van der Waals surface area contributed by atoms with Crippen LogP contribution in [0, 0.1) is 5.92 Å². The molecule has 0 N–H and O–H groups in total. The van der Waals surface area contributed by atoms with Gasteiger partial charge in [0.1, 0.15) is 11.0 Å². The first-order chi connectivity index (χ1) is 12.4. The Morgan fingerprint density at radius 3 is 2.15 bits per heavy atom. The third-order valence-electron chi connectivity index (χ3n) is 5.14. The van der Waals surface area contributed by atoms with E-state index in [1.165, 1.54) is 22.9 Å². The number of piperidine rings is 1. The predicted octanol–water partition coefficient (Wildman–Crippen LogP) is 4.27. The van der Waals surface area contributed by atoms with Crippen LogP contribution in [0.5, 0.6) is 0 Å². The van der Waals surface area contributed by atoms with Crippen LogP contribution < -0.4 is 0 Å². The summed E-state index contributed by atoms with van der Waals surface area (Å²) in [7, 11) is -3.78. The van der Waals surface area contributed by atoms with Gasteiger partial charge in [-0.1, -0.05) is 35.7 Å². The highest BCUT2D eigenvalue weighted by Gasteiger charge is 2.35. The van der Waals surface area contributed by atoms with Gasteiger partial charge >= 0.3 is 5.97 Å². The second kappa shape index (κ2) is 8.46. The van der Waals surface area contributed by atoms with Crippen molar-refractivity contribution < 1.29 is 17.9 Å². The lowest BCUT2D eigenvalue weighted by Gasteiger charge is -2.31. The van der Waals surface area contributed by atoms with Gasteiger partial charge in [-0.2, -0.15) is 4.31 Å². The van der Waals surface area contributed by atoms with E-state index < -0.39 is 10.0 Å². The molecule has 2 fully saturated rings. The molecule has 1 heterocycles. The van der Waals surface area contributed by atoms with Crippen molar-refractivity contribution >= 4 is 39.2 Å². The SMILES string of the molecule is O=C(OC1CCCCC1)C1CCN(S(=O)(=O)c2c(Cl)cccc2Cl)CC1. The van der Waals surface area contributed by atoms with Crippen LogP contribution in [0.1, 0.15) is 44.9 Å². The van der Waals surface area contributed by atoms with Crippen molar-refractivity contribution in [3.8, 4) is 0 Å². The summed E-state index contributed by atoms with van der Waals surface area (Å²) in [6, 6.07) is 4.63. The maximum atomic E-state index is 12.9. The number of nitrogens with zero attached hydrogens (tertiary/aromatic N) is 1. The zero-order valence-electron chi connectivity index (χ0n) is 14.5. The maximum absolute atomic E-state index is 12.9. The van der Waals surface area contributed by atoms with Gasteiger partial charge in [-0.05, 0) is 50.7 Å². The molecule has 1 saturated carbocycles. The molecule has 0 radical (unpaired) electrons. The molecule has 3 rings (SSSR count). The highest BCUT2D eigenvalue weighted by Crippen LogP contribution is 2.33. The summed E-state index contributed by atoms with van der Waals surface area (Å²) in [6.07, 6.45) is 6.21. The summed E-state index contributed by atoms with van der Waals surface area (Å²) in [5, 5.41) is 0.215. The zero-order chi connectivity index (χ0) is 18.7. The molecule has 26 heavy (non-hydrogen) atoms. The van der Waals surface area contributed by atoms with Crippen LogP contribution in [-0.4, -0.2) is 37.9 Å². The number of halogens is 2. The molecule has 1 aliphatic heterocycles. The first kappa shape index (κ1) is 19.9. The minimum atomic E-state index is -3.78. The van der Waals surface area contributed by atoms with E-state index in [2.05, 4.69) is 0 Å². The number of hydrogen-bond donors (Lipinski definition) is 0. The summed E-state index contributed by atoms with van der Waals surface area (Å²) in [6.45, 7) is 0.517. The lowest BCUT2D eigenvalue weighted by Crippen LogP contribution is -2.41. The fourth-order valence-corrected chi connectivity index (χ4v) is 6.19. The minimum Gasteiger partial charge on any atom is -0.462 e. The molecule has 0 amide bonds. The Labute approximate surface area is 164 Å². The molecule has 0 aromatic heterocycles. The van der Waals surface area contributed by atoms with Gasteiger partial charge in [-0.25, -0.2) is 8.42 Å². The van der Waals surface area contributed by atoms with E-state index in [4.69, 9.17) is 27.9 Å². The second-order valence-corrected chi connectivity index (χ2v) is 9.62. The highest BCUT2D eigenvalue weighted by molar-refractivity contribution is 7.89. The van der Waals surface area contributed by atoms with Gasteiger partial charge < -0.3 is 4.74 Å². The fraction of sp³-hybridized carbons (Fsp3) is 0.611. The van der Waals surface area contributed by atoms with E-state index in [9.17, 15) is 13.2 Å². The van der Waals surface area contributed by atoms with E-state index in [0.29, 0.717) is 12.8 Å². The molecule has 8 heteroatoms. The Bertz CT molecular complexity index is 734. The Morgan fingerprint density at radius 1 is 1.00 bits per heavy atom. The van der Waals surface area contributed by atoms with Crippen molar-refractivity contribution in [1.82, 2.24) is 4.31 Å². The molecule has 1 aliphatic carbocycles. The van der Waals surface area contributed by atoms with Gasteiger partial charge in [0, 0.05) is 13.1 Å². The normalized spacial score (nSPS) is 20.8. The van der Waals surface area contributed by atoms with Crippen molar-refractivity contribution in [3.63, 3.8) is 0 Å². The molecular weight excluding hydrogens is 397 g/mol. The molecular formula is C18H23Cl2NO4S. The van der Waals surface area contributed by atoms with Crippen molar-refractivity contribution in [2.24, 2.45) is 5.92 Å². The Hall–Kier alpha value is -0.820. The van der Waals surface area contributed by atoms with E-state index in [0.717, 1.165) is 25.7 Å². The number of sulfonamides is 1. The van der Waals surface area contributed by atoms with Crippen LogP contribution in [0.2, 0.25) is 10.0 Å². The minimum absolute atomic E-state index is 0.0277. The monoisotopic (exact) mass is 419 g/mol. The summed E-state index contributed by atoms with van der Waals surface area (Å²) in [5.74, 6) is -0.435. The number of hydrogen-bond acceptors (Lipinski definition) is 4. The van der Waals surface area contributed by atoms with Crippen LogP contribution in [-0.2, 0) is 19.6 Å². The Balaban J connectivity index is 1.61. The van der Waals surface area contributed by atoms with E-state index in [1.807, 2.05) is 0 Å². The van der Waals surface area contributed by atoms with Crippen LogP contribution in [0.25, 0.3) is 0 Å². The van der Waals surface area contributed by atoms with Gasteiger partial charge in [0.15, 0.2) is 0 Å². The summed E-state index contributed by atoms with van der Waals surface area (Å²) >= 11 is 12.1. The lowest BCUT2D eigenvalue weighted by atomic mass is 9.96. The van der Waals surface area contributed by atoms with Crippen LogP contribution in [0.4, 0.5) is 0 Å². The first-order valence-corrected chi connectivity index (χ1v) is 11.2. The average Bonchev–Trinajstić information content (AvgIpc) is 2.62. The molecule has 1 saturated heterocycles. The largest absolute Gasteiger partial charge is 0.462 e. The van der Waals surface area contributed by atoms with Crippen molar-refractivity contribution in [1.29, 1.82) is 0 Å². The third-order valence-corrected chi connectivity index (χ3v) is 7.99. The molecule has 0 atom stereocenters. The lowest BCUT2D eigenvalue weighted by molar-refractivity contribution is -0.156. The molecule has 1 aromatic carbocycles. The van der Waals surface area contributed by atoms with Crippen LogP contribution in [0.15, 0.2) is 23.1 Å². The number of carbonyl (C=O) groups is 1. The van der Waals surface area contributed by atoms with Gasteiger partial charge in [0.05, 0.1) is 16.0 Å². The standard InChI is InChI=1S/C18H23Cl2NO4S/c19-15-7-4-8-16(20)17(15)26(23,24)21-11-9-13(10-12-21)18(22)25-14-5-2-1-3-6-14/h4,7-8,13-14H,1-3,5-6,9-12H2. The van der Waals surface area contributed by atoms with E-state index >= 15 is 0 Å². The Kier molecular flexibility index (Phi) is 6.49. The number of ether oxygens (including phenoxy) is 1. The first-order valence-electron chi connectivity index (χ1n) is 9.04. The van der Waals surface area contributed by atoms with Crippen LogP contribution in [0.3, 0.4) is 0 Å². The summed E-state index contributed by atoms with van der Waals surface area (Å²) < 4.78 is 32.7. The van der Waals surface area contributed by atoms with Gasteiger partial charge in [-0.3, -0.25) is 4.79 Å². The molecule has 2 aliphatic rings. The fourth-order valence-electron chi connectivity index (χ4n) is 3.63. The average molecular weight is 420 g/mol. The Morgan fingerprint density at radius 2 is 1.58 bits per heavy atom. The third kappa shape index (κ3) is 4.35. The number of esters is 1. The second-order valence-electron chi connectivity index (χ2n) is 6.93. The highest BCUT2D eigenvalue weighted by atomic mass is 35.5. The van der Waals surface area contributed by atoms with E-state index in [-0.39, 0.29) is 46.0 Å². The molecule has 144 valence electrons. The molecule has 0 spiro atoms. The van der Waals surface area contributed by atoms with Crippen molar-refractivity contribution in [2.75, 3.05) is 13.1 Å². The predicted molar refractivity (Wildman–Crippen MR) is 101 cm³/mol. The quantitative estimate of drug-likeness (QED) is 0.683. The molecule has 0 unspecified atom stereocenters. The summed E-state index contributed by atoms with van der Waals surface area (Å²) in [4.78, 5) is 12.3. The van der Waals surface area contributed by atoms with Gasteiger partial charge in [-0.15, -0.1) is 0 Å². The van der Waals surface area contributed by atoms with Crippen molar-refractivity contribution in [2.45, 2.75) is 55.9 Å². The van der Waals surface area contributed by atoms with Crippen molar-refractivity contribution in [3.05, 3.63) is 28.2 Å². The number of rotatable bonds is 4. The van der Waals surface area contributed by atoms with Gasteiger partial charge in [0.2, 0.25) is 10.0 Å². The van der Waals surface area contributed by atoms with Crippen LogP contribution >= 0.6 is 23.2 Å². The number of benzene rings is 1. The van der Waals surface area contributed by atoms with Gasteiger partial charge in [0.25, 0.3) is 0 Å². The molecule has 1 aromatic rings. The van der Waals surface area contributed by atoms with E-state index in [1.54, 1.807) is 6.07 Å². The smallest absolute Gasteiger partial charge is 0.309 e. The summed E-state index contributed by atoms with van der Waals surface area (Å²) in [5.41, 5.74) is 0. The maximum Gasteiger partial charge on any atom is 0.309 e. The zero-order valence-corrected chi connectivity index (χ0v) is 16.8. The molecule has 5 nitrogen and oxygen atoms in total. The number of carbonyl (C=O) groups excluding carboxylic acids is 1. The topological polar surface area (TPSA) is 63.7 Å². The molecule has 0 bridgehead atoms.